The number of likely N-dealkylation sites (tertiary alicyclic amines) is 1. The number of thioether (sulfide) groups is 1. The maximum Gasteiger partial charge on any atom is 0.144 e. The van der Waals surface area contributed by atoms with Gasteiger partial charge in [-0.05, 0) is 70.3 Å². The van der Waals surface area contributed by atoms with E-state index in [-0.39, 0.29) is 17.5 Å². The summed E-state index contributed by atoms with van der Waals surface area (Å²) in [5, 5.41) is 12.7. The molecule has 0 spiro atoms. The topological polar surface area (TPSA) is 125 Å². The van der Waals surface area contributed by atoms with Crippen molar-refractivity contribution in [3.05, 3.63) is 11.9 Å². The first-order valence-electron chi connectivity index (χ1n) is 14.4. The lowest BCUT2D eigenvalue weighted by atomic mass is 9.87. The molecule has 0 amide bonds. The van der Waals surface area contributed by atoms with Gasteiger partial charge in [-0.3, -0.25) is 4.90 Å². The van der Waals surface area contributed by atoms with Crippen LogP contribution >= 0.6 is 11.8 Å². The molecule has 38 heavy (non-hydrogen) atoms. The minimum absolute atomic E-state index is 0.184. The Labute approximate surface area is 238 Å². The van der Waals surface area contributed by atoms with Gasteiger partial charge in [0.2, 0.25) is 0 Å². The van der Waals surface area contributed by atoms with Gasteiger partial charge in [-0.2, -0.15) is 11.8 Å². The fourth-order valence-electron chi connectivity index (χ4n) is 4.44. The highest BCUT2D eigenvalue weighted by molar-refractivity contribution is 7.99. The smallest absolute Gasteiger partial charge is 0.144 e. The van der Waals surface area contributed by atoms with Crippen molar-refractivity contribution in [1.82, 2.24) is 15.2 Å². The minimum atomic E-state index is -0.338. The number of hydrogen-bond donors (Lipinski definition) is 4. The molecule has 4 atom stereocenters. The van der Waals surface area contributed by atoms with Gasteiger partial charge >= 0.3 is 0 Å². The van der Waals surface area contributed by atoms with Crippen molar-refractivity contribution in [2.75, 3.05) is 33.5 Å². The standard InChI is InChI=1S/C11H21N3O.C9H19NS.C6H11NO.C2H6.CH4O/c1-11(2,3)10(7-15)14(13)6-9(12)8-4-5-8;1-3-11-9-7-5-4-6-8(9)10-2;1-7-4-2-3-6(7)5-8;2*1-2/h6-8,10H,4-5,12-13H2,1-3H3;8-10H,3-7H2,1-2H3;5-6H,2-4H2,1H3;1-2H3;2H,1H3/b9-6-;;;;. The van der Waals surface area contributed by atoms with Gasteiger partial charge in [-0.15, -0.1) is 0 Å². The van der Waals surface area contributed by atoms with E-state index >= 15 is 0 Å². The Morgan fingerprint density at radius 3 is 2.05 bits per heavy atom. The Morgan fingerprint density at radius 1 is 1.11 bits per heavy atom. The summed E-state index contributed by atoms with van der Waals surface area (Å²) in [6.45, 7) is 13.3. The molecule has 0 aromatic carbocycles. The van der Waals surface area contributed by atoms with E-state index in [1.54, 1.807) is 6.20 Å². The number of aldehydes is 2. The number of aliphatic hydroxyl groups is 1. The number of nitrogens with two attached hydrogens (primary N) is 2. The maximum atomic E-state index is 11.0. The average Bonchev–Trinajstić information content (AvgIpc) is 3.68. The number of nitrogens with one attached hydrogen (secondary N) is 1. The van der Waals surface area contributed by atoms with Crippen LogP contribution in [0.4, 0.5) is 0 Å². The molecule has 1 saturated heterocycles. The zero-order valence-electron chi connectivity index (χ0n) is 25.9. The van der Waals surface area contributed by atoms with E-state index in [0.29, 0.717) is 5.92 Å². The molecule has 8 nitrogen and oxygen atoms in total. The van der Waals surface area contributed by atoms with E-state index in [0.717, 1.165) is 62.5 Å². The van der Waals surface area contributed by atoms with Gasteiger partial charge < -0.3 is 30.8 Å². The average molecular weight is 560 g/mol. The molecule has 0 radical (unpaired) electrons. The lowest BCUT2D eigenvalue weighted by molar-refractivity contribution is -0.114. The molecule has 2 aliphatic carbocycles. The van der Waals surface area contributed by atoms with Crippen molar-refractivity contribution in [2.24, 2.45) is 22.9 Å². The van der Waals surface area contributed by atoms with Crippen molar-refractivity contribution in [3.8, 4) is 0 Å². The van der Waals surface area contributed by atoms with Gasteiger partial charge in [0.25, 0.3) is 0 Å². The summed E-state index contributed by atoms with van der Waals surface area (Å²) in [6.07, 6.45) is 13.8. The summed E-state index contributed by atoms with van der Waals surface area (Å²) >= 11 is 2.12. The van der Waals surface area contributed by atoms with Gasteiger partial charge in [0.05, 0.1) is 6.04 Å². The zero-order valence-corrected chi connectivity index (χ0v) is 26.7. The van der Waals surface area contributed by atoms with E-state index in [1.807, 2.05) is 41.7 Å². The van der Waals surface area contributed by atoms with E-state index in [1.165, 1.54) is 42.9 Å². The molecular formula is C29H61N5O3S. The van der Waals surface area contributed by atoms with Gasteiger partial charge in [0, 0.05) is 36.2 Å². The predicted octanol–water partition coefficient (Wildman–Crippen LogP) is 4.17. The third-order valence-corrected chi connectivity index (χ3v) is 8.20. The number of aliphatic hydroxyl groups excluding tert-OH is 1. The van der Waals surface area contributed by atoms with E-state index in [4.69, 9.17) is 16.7 Å². The fourth-order valence-corrected chi connectivity index (χ4v) is 5.71. The van der Waals surface area contributed by atoms with Crippen molar-refractivity contribution >= 4 is 24.3 Å². The van der Waals surface area contributed by atoms with E-state index in [9.17, 15) is 9.59 Å². The summed E-state index contributed by atoms with van der Waals surface area (Å²) in [6, 6.07) is 0.665. The molecule has 3 fully saturated rings. The molecule has 4 unspecified atom stereocenters. The van der Waals surface area contributed by atoms with Crippen LogP contribution in [0.25, 0.3) is 0 Å². The van der Waals surface area contributed by atoms with Gasteiger partial charge in [0.1, 0.15) is 18.6 Å². The van der Waals surface area contributed by atoms with Crippen molar-refractivity contribution < 1.29 is 14.7 Å². The summed E-state index contributed by atoms with van der Waals surface area (Å²) < 4.78 is 0. The third-order valence-electron chi connectivity index (χ3n) is 6.87. The summed E-state index contributed by atoms with van der Waals surface area (Å²) in [7, 11) is 5.09. The van der Waals surface area contributed by atoms with Crippen molar-refractivity contribution in [2.45, 2.75) is 116 Å². The highest BCUT2D eigenvalue weighted by Crippen LogP contribution is 2.34. The number of hydrogen-bond acceptors (Lipinski definition) is 9. The third kappa shape index (κ3) is 16.1. The molecular weight excluding hydrogens is 498 g/mol. The van der Waals surface area contributed by atoms with Crippen molar-refractivity contribution in [1.29, 1.82) is 0 Å². The summed E-state index contributed by atoms with van der Waals surface area (Å²) in [5.41, 5.74) is 6.44. The predicted molar refractivity (Wildman–Crippen MR) is 165 cm³/mol. The molecule has 1 aliphatic heterocycles. The molecule has 226 valence electrons. The van der Waals surface area contributed by atoms with Crippen LogP contribution < -0.4 is 16.9 Å². The Bertz CT molecular complexity index is 624. The summed E-state index contributed by atoms with van der Waals surface area (Å²) in [4.78, 5) is 23.2. The number of nitrogens with zero attached hydrogens (tertiary/aromatic N) is 2. The molecule has 1 heterocycles. The number of carbonyl (C=O) groups is 2. The first-order chi connectivity index (χ1) is 18.1. The molecule has 3 rings (SSSR count). The molecule has 3 aliphatic rings. The number of likely N-dealkylation sites (N-methyl/N-ethyl adjacent to an activating group) is 1. The minimum Gasteiger partial charge on any atom is -0.401 e. The van der Waals surface area contributed by atoms with Crippen molar-refractivity contribution in [3.63, 3.8) is 0 Å². The van der Waals surface area contributed by atoms with Crippen LogP contribution in [0.2, 0.25) is 0 Å². The van der Waals surface area contributed by atoms with Gasteiger partial charge in [0.15, 0.2) is 0 Å². The summed E-state index contributed by atoms with van der Waals surface area (Å²) in [5.74, 6) is 7.57. The van der Waals surface area contributed by atoms with Gasteiger partial charge in [-0.1, -0.05) is 54.4 Å². The Kier molecular flexibility index (Phi) is 23.3. The molecule has 6 N–H and O–H groups in total. The SMILES string of the molecule is CC.CC(C)(C)C(C=O)N(N)/C=C(\N)C1CC1.CCSC1CCCCC1NC.CN1CCCC1C=O.CO. The van der Waals surface area contributed by atoms with Crippen LogP contribution in [0.5, 0.6) is 0 Å². The lowest BCUT2D eigenvalue weighted by Crippen LogP contribution is -2.46. The van der Waals surface area contributed by atoms with Gasteiger partial charge in [-0.25, -0.2) is 5.84 Å². The quantitative estimate of drug-likeness (QED) is 0.197. The monoisotopic (exact) mass is 559 g/mol. The first kappa shape index (κ1) is 39.0. The van der Waals surface area contributed by atoms with Crippen LogP contribution in [0, 0.1) is 11.3 Å². The molecule has 0 aromatic heterocycles. The number of rotatable bonds is 8. The second-order valence-corrected chi connectivity index (χ2v) is 12.3. The normalized spacial score (nSPS) is 24.0. The maximum absolute atomic E-state index is 11.0. The number of carbonyl (C=O) groups excluding carboxylic acids is 2. The van der Waals surface area contributed by atoms with Crippen LogP contribution in [0.1, 0.15) is 92.9 Å². The Hall–Kier alpha value is -1.13. The first-order valence-corrected chi connectivity index (χ1v) is 15.5. The van der Waals surface area contributed by atoms with E-state index < -0.39 is 0 Å². The molecule has 0 aromatic rings. The largest absolute Gasteiger partial charge is 0.401 e. The lowest BCUT2D eigenvalue weighted by Gasteiger charge is -2.32. The zero-order chi connectivity index (χ0) is 29.7. The fraction of sp³-hybridized carbons (Fsp3) is 0.862. The Morgan fingerprint density at radius 2 is 1.68 bits per heavy atom. The molecule has 0 bridgehead atoms. The van der Waals surface area contributed by atoms with Crippen LogP contribution in [-0.4, -0.2) is 84.5 Å². The Balaban J connectivity index is 0. The van der Waals surface area contributed by atoms with Crippen LogP contribution in [-0.2, 0) is 9.59 Å². The highest BCUT2D eigenvalue weighted by atomic mass is 32.2. The number of hydrazine groups is 1. The molecule has 9 heteroatoms. The van der Waals surface area contributed by atoms with Crippen LogP contribution in [0.15, 0.2) is 11.9 Å². The van der Waals surface area contributed by atoms with E-state index in [2.05, 4.69) is 35.9 Å². The second kappa shape index (κ2) is 22.7. The highest BCUT2D eigenvalue weighted by Gasteiger charge is 2.29. The second-order valence-electron chi connectivity index (χ2n) is 10.8. The molecule has 2 saturated carbocycles. The number of allylic oxidation sites excluding steroid dienone is 1. The van der Waals surface area contributed by atoms with Crippen LogP contribution in [0.3, 0.4) is 0 Å².